The second-order valence-corrected chi connectivity index (χ2v) is 6.42. The van der Waals surface area contributed by atoms with E-state index in [4.69, 9.17) is 29.0 Å². The molecule has 0 aromatic heterocycles. The first-order valence-corrected chi connectivity index (χ1v) is 8.11. The molecule has 2 rings (SSSR count). The second kappa shape index (κ2) is 8.01. The standard InChI is InChI=1S/C15H15Cl2FN2S/c16-13-6-5-11(18)7-10(13)8-12(20-19)9-21-15-4-2-1-3-14(15)17/h1-7,12,20H,8-9,19H2. The molecule has 3 N–H and O–H groups in total. The molecule has 6 heteroatoms. The SMILES string of the molecule is NNC(CSc1ccccc1Cl)Cc1cc(F)ccc1Cl. The molecule has 1 unspecified atom stereocenters. The summed E-state index contributed by atoms with van der Waals surface area (Å²) in [5.41, 5.74) is 3.48. The van der Waals surface area contributed by atoms with E-state index in [-0.39, 0.29) is 11.9 Å². The normalized spacial score (nSPS) is 12.4. The minimum absolute atomic E-state index is 0.0365. The summed E-state index contributed by atoms with van der Waals surface area (Å²) in [7, 11) is 0. The van der Waals surface area contributed by atoms with Crippen molar-refractivity contribution in [3.63, 3.8) is 0 Å². The van der Waals surface area contributed by atoms with Gasteiger partial charge in [-0.2, -0.15) is 0 Å². The molecule has 21 heavy (non-hydrogen) atoms. The summed E-state index contributed by atoms with van der Waals surface area (Å²) in [6, 6.07) is 11.9. The summed E-state index contributed by atoms with van der Waals surface area (Å²) in [4.78, 5) is 0.991. The molecule has 2 aromatic carbocycles. The van der Waals surface area contributed by atoms with Gasteiger partial charge in [-0.25, -0.2) is 4.39 Å². The highest BCUT2D eigenvalue weighted by molar-refractivity contribution is 7.99. The van der Waals surface area contributed by atoms with Gasteiger partial charge >= 0.3 is 0 Å². The quantitative estimate of drug-likeness (QED) is 0.466. The Balaban J connectivity index is 2.00. The van der Waals surface area contributed by atoms with Crippen molar-refractivity contribution in [1.29, 1.82) is 0 Å². The van der Waals surface area contributed by atoms with Crippen molar-refractivity contribution in [2.75, 3.05) is 5.75 Å². The largest absolute Gasteiger partial charge is 0.271 e. The summed E-state index contributed by atoms with van der Waals surface area (Å²) < 4.78 is 13.3. The second-order valence-electron chi connectivity index (χ2n) is 4.54. The van der Waals surface area contributed by atoms with Gasteiger partial charge in [0.15, 0.2) is 0 Å². The minimum atomic E-state index is -0.302. The lowest BCUT2D eigenvalue weighted by molar-refractivity contribution is 0.570. The molecule has 112 valence electrons. The van der Waals surface area contributed by atoms with Crippen LogP contribution in [0.25, 0.3) is 0 Å². The van der Waals surface area contributed by atoms with Gasteiger partial charge in [0.2, 0.25) is 0 Å². The average molecular weight is 345 g/mol. The molecular formula is C15H15Cl2FN2S. The van der Waals surface area contributed by atoms with Gasteiger partial charge in [-0.1, -0.05) is 35.3 Å². The highest BCUT2D eigenvalue weighted by atomic mass is 35.5. The monoisotopic (exact) mass is 344 g/mol. The molecule has 0 bridgehead atoms. The molecule has 2 nitrogen and oxygen atoms in total. The Morgan fingerprint density at radius 2 is 1.90 bits per heavy atom. The third-order valence-corrected chi connectivity index (χ3v) is 5.03. The Morgan fingerprint density at radius 1 is 1.14 bits per heavy atom. The number of nitrogens with one attached hydrogen (secondary N) is 1. The third kappa shape index (κ3) is 4.87. The first kappa shape index (κ1) is 16.6. The highest BCUT2D eigenvalue weighted by Gasteiger charge is 2.12. The Labute approximate surface area is 137 Å². The van der Waals surface area contributed by atoms with Crippen molar-refractivity contribution in [1.82, 2.24) is 5.43 Å². The first-order chi connectivity index (χ1) is 10.1. The number of hydrogen-bond donors (Lipinski definition) is 2. The van der Waals surface area contributed by atoms with Gasteiger partial charge < -0.3 is 0 Å². The number of nitrogens with two attached hydrogens (primary N) is 1. The molecule has 0 saturated carbocycles. The van der Waals surface area contributed by atoms with Crippen molar-refractivity contribution in [3.8, 4) is 0 Å². The molecular weight excluding hydrogens is 330 g/mol. The van der Waals surface area contributed by atoms with Crippen LogP contribution in [0.4, 0.5) is 4.39 Å². The Morgan fingerprint density at radius 3 is 2.62 bits per heavy atom. The molecule has 0 aliphatic heterocycles. The van der Waals surface area contributed by atoms with E-state index in [0.717, 1.165) is 10.5 Å². The van der Waals surface area contributed by atoms with Crippen LogP contribution in [-0.4, -0.2) is 11.8 Å². The smallest absolute Gasteiger partial charge is 0.123 e. The topological polar surface area (TPSA) is 38.0 Å². The lowest BCUT2D eigenvalue weighted by Crippen LogP contribution is -2.38. The van der Waals surface area contributed by atoms with Crippen molar-refractivity contribution in [2.45, 2.75) is 17.4 Å². The number of benzene rings is 2. The van der Waals surface area contributed by atoms with Crippen LogP contribution in [0.2, 0.25) is 10.0 Å². The van der Waals surface area contributed by atoms with Crippen LogP contribution >= 0.6 is 35.0 Å². The Hall–Kier alpha value is -0.780. The molecule has 0 fully saturated rings. The molecule has 0 saturated heterocycles. The van der Waals surface area contributed by atoms with E-state index in [0.29, 0.717) is 22.2 Å². The van der Waals surface area contributed by atoms with E-state index in [9.17, 15) is 4.39 Å². The number of halogens is 3. The van der Waals surface area contributed by atoms with Gasteiger partial charge in [0.25, 0.3) is 0 Å². The predicted octanol–water partition coefficient (Wildman–Crippen LogP) is 4.30. The van der Waals surface area contributed by atoms with E-state index < -0.39 is 0 Å². The average Bonchev–Trinajstić information content (AvgIpc) is 2.48. The minimum Gasteiger partial charge on any atom is -0.271 e. The fourth-order valence-corrected chi connectivity index (χ4v) is 3.35. The maximum absolute atomic E-state index is 13.3. The molecule has 1 atom stereocenters. The number of rotatable bonds is 6. The van der Waals surface area contributed by atoms with Crippen LogP contribution in [0.15, 0.2) is 47.4 Å². The van der Waals surface area contributed by atoms with Crippen LogP contribution in [-0.2, 0) is 6.42 Å². The van der Waals surface area contributed by atoms with Gasteiger partial charge in [-0.05, 0) is 42.3 Å². The van der Waals surface area contributed by atoms with E-state index in [1.165, 1.54) is 12.1 Å². The van der Waals surface area contributed by atoms with Gasteiger partial charge in [-0.3, -0.25) is 11.3 Å². The summed E-state index contributed by atoms with van der Waals surface area (Å²) in [6.07, 6.45) is 0.546. The summed E-state index contributed by atoms with van der Waals surface area (Å²) in [5.74, 6) is 5.98. The first-order valence-electron chi connectivity index (χ1n) is 6.37. The van der Waals surface area contributed by atoms with Crippen LogP contribution in [0, 0.1) is 5.82 Å². The zero-order valence-corrected chi connectivity index (χ0v) is 13.5. The maximum Gasteiger partial charge on any atom is 0.123 e. The molecule has 0 amide bonds. The van der Waals surface area contributed by atoms with Gasteiger partial charge in [0.05, 0.1) is 5.02 Å². The van der Waals surface area contributed by atoms with Crippen LogP contribution in [0.3, 0.4) is 0 Å². The maximum atomic E-state index is 13.3. The third-order valence-electron chi connectivity index (χ3n) is 2.99. The van der Waals surface area contributed by atoms with E-state index in [2.05, 4.69) is 5.43 Å². The Bertz CT molecular complexity index is 610. The summed E-state index contributed by atoms with van der Waals surface area (Å²) in [5, 5.41) is 1.25. The van der Waals surface area contributed by atoms with E-state index >= 15 is 0 Å². The van der Waals surface area contributed by atoms with Gasteiger partial charge in [-0.15, -0.1) is 11.8 Å². The zero-order valence-electron chi connectivity index (χ0n) is 11.2. The van der Waals surface area contributed by atoms with E-state index in [1.807, 2.05) is 24.3 Å². The van der Waals surface area contributed by atoms with Crippen LogP contribution < -0.4 is 11.3 Å². The number of hydrogen-bond acceptors (Lipinski definition) is 3. The Kier molecular flexibility index (Phi) is 6.33. The molecule has 0 radical (unpaired) electrons. The van der Waals surface area contributed by atoms with Crippen molar-refractivity contribution < 1.29 is 4.39 Å². The summed E-state index contributed by atoms with van der Waals surface area (Å²) in [6.45, 7) is 0. The lowest BCUT2D eigenvalue weighted by atomic mass is 10.1. The summed E-state index contributed by atoms with van der Waals surface area (Å²) >= 11 is 13.8. The molecule has 0 spiro atoms. The number of hydrazine groups is 1. The molecule has 0 heterocycles. The fourth-order valence-electron chi connectivity index (χ4n) is 1.88. The van der Waals surface area contributed by atoms with Gasteiger partial charge in [0.1, 0.15) is 5.82 Å². The van der Waals surface area contributed by atoms with Crippen molar-refractivity contribution in [2.24, 2.45) is 5.84 Å². The number of thioether (sulfide) groups is 1. The van der Waals surface area contributed by atoms with Gasteiger partial charge in [0, 0.05) is 21.7 Å². The predicted molar refractivity (Wildman–Crippen MR) is 88.4 cm³/mol. The zero-order chi connectivity index (χ0) is 15.2. The fraction of sp³-hybridized carbons (Fsp3) is 0.200. The van der Waals surface area contributed by atoms with Crippen LogP contribution in [0.1, 0.15) is 5.56 Å². The van der Waals surface area contributed by atoms with Crippen molar-refractivity contribution in [3.05, 3.63) is 63.9 Å². The molecule has 0 aliphatic carbocycles. The van der Waals surface area contributed by atoms with Crippen molar-refractivity contribution >= 4 is 35.0 Å². The van der Waals surface area contributed by atoms with Crippen LogP contribution in [0.5, 0.6) is 0 Å². The molecule has 0 aliphatic rings. The highest BCUT2D eigenvalue weighted by Crippen LogP contribution is 2.28. The lowest BCUT2D eigenvalue weighted by Gasteiger charge is -2.16. The molecule has 2 aromatic rings. The van der Waals surface area contributed by atoms with E-state index in [1.54, 1.807) is 17.8 Å².